The predicted molar refractivity (Wildman–Crippen MR) is 62.3 cm³/mol. The number of aryl methyl sites for hydroxylation is 1. The molecule has 0 spiro atoms. The third kappa shape index (κ3) is 2.34. The highest BCUT2D eigenvalue weighted by molar-refractivity contribution is 5.99. The fraction of sp³-hybridized carbons (Fsp3) is 0.667. The maximum absolute atomic E-state index is 12.4. The number of rotatable bonds is 5. The smallest absolute Gasteiger partial charge is 0.190 e. The number of hydrogen-bond donors (Lipinski definition) is 0. The Labute approximate surface area is 101 Å². The van der Waals surface area contributed by atoms with Crippen LogP contribution in [0.5, 0.6) is 5.75 Å². The molecule has 5 nitrogen and oxygen atoms in total. The van der Waals surface area contributed by atoms with Crippen molar-refractivity contribution in [1.82, 2.24) is 9.78 Å². The van der Waals surface area contributed by atoms with Crippen molar-refractivity contribution < 1.29 is 14.3 Å². The van der Waals surface area contributed by atoms with E-state index in [4.69, 9.17) is 9.47 Å². The summed E-state index contributed by atoms with van der Waals surface area (Å²) in [6.45, 7) is 3.97. The van der Waals surface area contributed by atoms with E-state index in [9.17, 15) is 4.79 Å². The first-order valence-electron chi connectivity index (χ1n) is 5.99. The molecule has 0 aromatic carbocycles. The number of methoxy groups -OCH3 is 1. The van der Waals surface area contributed by atoms with Crippen LogP contribution in [0.15, 0.2) is 6.20 Å². The Kier molecular flexibility index (Phi) is 3.78. The second-order valence-corrected chi connectivity index (χ2v) is 4.21. The molecule has 1 unspecified atom stereocenters. The van der Waals surface area contributed by atoms with Crippen LogP contribution >= 0.6 is 0 Å². The Hall–Kier alpha value is -1.36. The number of ether oxygens (including phenoxy) is 2. The van der Waals surface area contributed by atoms with E-state index in [-0.39, 0.29) is 11.7 Å². The molecule has 2 rings (SSSR count). The molecule has 17 heavy (non-hydrogen) atoms. The van der Waals surface area contributed by atoms with Crippen LogP contribution in [0, 0.1) is 5.92 Å². The van der Waals surface area contributed by atoms with Crippen LogP contribution in [0.4, 0.5) is 0 Å². The Bertz CT molecular complexity index is 394. The lowest BCUT2D eigenvalue weighted by Crippen LogP contribution is -2.20. The van der Waals surface area contributed by atoms with E-state index in [0.717, 1.165) is 19.4 Å². The van der Waals surface area contributed by atoms with Gasteiger partial charge in [-0.05, 0) is 12.8 Å². The van der Waals surface area contributed by atoms with Crippen molar-refractivity contribution in [2.24, 2.45) is 5.92 Å². The maximum Gasteiger partial charge on any atom is 0.190 e. The van der Waals surface area contributed by atoms with E-state index < -0.39 is 0 Å². The van der Waals surface area contributed by atoms with Crippen LogP contribution in [0.25, 0.3) is 0 Å². The molecule has 0 bridgehead atoms. The van der Waals surface area contributed by atoms with Crippen molar-refractivity contribution in [1.29, 1.82) is 0 Å². The van der Waals surface area contributed by atoms with Crippen molar-refractivity contribution in [2.75, 3.05) is 20.3 Å². The van der Waals surface area contributed by atoms with Crippen LogP contribution in [0.1, 0.15) is 30.3 Å². The summed E-state index contributed by atoms with van der Waals surface area (Å²) in [6, 6.07) is 0. The molecule has 0 amide bonds. The van der Waals surface area contributed by atoms with Gasteiger partial charge in [-0.3, -0.25) is 9.48 Å². The highest BCUT2D eigenvalue weighted by Gasteiger charge is 2.29. The lowest BCUT2D eigenvalue weighted by Gasteiger charge is -2.10. The van der Waals surface area contributed by atoms with Gasteiger partial charge < -0.3 is 9.47 Å². The average molecular weight is 238 g/mol. The molecule has 1 aliphatic heterocycles. The minimum absolute atomic E-state index is 0.0452. The molecule has 1 aromatic rings. The van der Waals surface area contributed by atoms with E-state index in [1.54, 1.807) is 18.0 Å². The average Bonchev–Trinajstić information content (AvgIpc) is 2.97. The first-order valence-corrected chi connectivity index (χ1v) is 5.99. The number of carbonyl (C=O) groups is 1. The molecule has 94 valence electrons. The fourth-order valence-electron chi connectivity index (χ4n) is 2.08. The second-order valence-electron chi connectivity index (χ2n) is 4.21. The van der Waals surface area contributed by atoms with Crippen LogP contribution in [-0.4, -0.2) is 35.9 Å². The molecule has 1 aromatic heterocycles. The zero-order valence-electron chi connectivity index (χ0n) is 10.3. The largest absolute Gasteiger partial charge is 0.493 e. The molecule has 0 saturated carbocycles. The third-order valence-corrected chi connectivity index (χ3v) is 3.00. The van der Waals surface area contributed by atoms with Gasteiger partial charge in [0, 0.05) is 19.1 Å². The normalized spacial score (nSPS) is 19.5. The van der Waals surface area contributed by atoms with Gasteiger partial charge in [-0.2, -0.15) is 5.10 Å². The van der Waals surface area contributed by atoms with E-state index in [1.165, 1.54) is 0 Å². The molecule has 1 fully saturated rings. The molecular weight excluding hydrogens is 220 g/mol. The molecule has 2 heterocycles. The van der Waals surface area contributed by atoms with Gasteiger partial charge in [0.25, 0.3) is 0 Å². The minimum atomic E-state index is -0.0452. The van der Waals surface area contributed by atoms with Crippen LogP contribution in [0.2, 0.25) is 0 Å². The van der Waals surface area contributed by atoms with Gasteiger partial charge in [-0.1, -0.05) is 6.92 Å². The maximum atomic E-state index is 12.4. The highest BCUT2D eigenvalue weighted by atomic mass is 16.5. The number of hydrogen-bond acceptors (Lipinski definition) is 4. The predicted octanol–water partition coefficient (Wildman–Crippen LogP) is 1.52. The van der Waals surface area contributed by atoms with Crippen molar-refractivity contribution in [3.63, 3.8) is 0 Å². The number of aromatic nitrogens is 2. The van der Waals surface area contributed by atoms with E-state index in [0.29, 0.717) is 24.7 Å². The molecule has 1 saturated heterocycles. The number of carbonyl (C=O) groups excluding carboxylic acids is 1. The van der Waals surface area contributed by atoms with Gasteiger partial charge in [0.2, 0.25) is 0 Å². The van der Waals surface area contributed by atoms with Gasteiger partial charge in [0.15, 0.2) is 11.5 Å². The summed E-state index contributed by atoms with van der Waals surface area (Å²) in [7, 11) is 1.56. The van der Waals surface area contributed by atoms with Crippen LogP contribution in [0.3, 0.4) is 0 Å². The van der Waals surface area contributed by atoms with E-state index >= 15 is 0 Å². The summed E-state index contributed by atoms with van der Waals surface area (Å²) in [5.41, 5.74) is 0.588. The molecule has 5 heteroatoms. The molecule has 1 atom stereocenters. The van der Waals surface area contributed by atoms with Gasteiger partial charge in [0.1, 0.15) is 5.69 Å². The van der Waals surface area contributed by atoms with E-state index in [1.807, 2.05) is 0 Å². The zero-order chi connectivity index (χ0) is 12.3. The first kappa shape index (κ1) is 12.1. The number of ketones is 1. The highest BCUT2D eigenvalue weighted by Crippen LogP contribution is 2.25. The monoisotopic (exact) mass is 238 g/mol. The summed E-state index contributed by atoms with van der Waals surface area (Å²) in [5.74, 6) is 0.608. The molecule has 0 radical (unpaired) electrons. The quantitative estimate of drug-likeness (QED) is 0.730. The minimum Gasteiger partial charge on any atom is -0.493 e. The van der Waals surface area contributed by atoms with Crippen LogP contribution < -0.4 is 4.74 Å². The third-order valence-electron chi connectivity index (χ3n) is 3.00. The first-order chi connectivity index (χ1) is 8.27. The van der Waals surface area contributed by atoms with Gasteiger partial charge in [0.05, 0.1) is 19.9 Å². The summed E-state index contributed by atoms with van der Waals surface area (Å²) in [5, 5.41) is 4.20. The Morgan fingerprint density at radius 2 is 2.53 bits per heavy atom. The topological polar surface area (TPSA) is 53.4 Å². The van der Waals surface area contributed by atoms with E-state index in [2.05, 4.69) is 12.0 Å². The SMILES string of the molecule is CCCn1ncc(OC)c1C(=O)C1CCOC1. The van der Waals surface area contributed by atoms with Crippen molar-refractivity contribution in [3.8, 4) is 5.75 Å². The summed E-state index contributed by atoms with van der Waals surface area (Å²) < 4.78 is 12.2. The summed E-state index contributed by atoms with van der Waals surface area (Å²) in [6.07, 6.45) is 3.34. The standard InChI is InChI=1S/C12H18N2O3/c1-3-5-14-11(10(16-2)7-13-14)12(15)9-4-6-17-8-9/h7,9H,3-6,8H2,1-2H3. The van der Waals surface area contributed by atoms with Crippen LogP contribution in [-0.2, 0) is 11.3 Å². The second kappa shape index (κ2) is 5.31. The Morgan fingerprint density at radius 1 is 1.71 bits per heavy atom. The lowest BCUT2D eigenvalue weighted by molar-refractivity contribution is 0.0886. The number of Topliss-reactive ketones (excluding diaryl/α,β-unsaturated/α-hetero) is 1. The van der Waals surface area contributed by atoms with Gasteiger partial charge >= 0.3 is 0 Å². The van der Waals surface area contributed by atoms with Crippen molar-refractivity contribution in [3.05, 3.63) is 11.9 Å². The van der Waals surface area contributed by atoms with Crippen molar-refractivity contribution in [2.45, 2.75) is 26.3 Å². The van der Waals surface area contributed by atoms with Gasteiger partial charge in [-0.25, -0.2) is 0 Å². The number of nitrogens with zero attached hydrogens (tertiary/aromatic N) is 2. The molecular formula is C12H18N2O3. The zero-order valence-corrected chi connectivity index (χ0v) is 10.3. The lowest BCUT2D eigenvalue weighted by atomic mass is 10.0. The molecule has 1 aliphatic rings. The molecule has 0 N–H and O–H groups in total. The fourth-order valence-corrected chi connectivity index (χ4v) is 2.08. The molecule has 0 aliphatic carbocycles. The van der Waals surface area contributed by atoms with Gasteiger partial charge in [-0.15, -0.1) is 0 Å². The summed E-state index contributed by atoms with van der Waals surface area (Å²) in [4.78, 5) is 12.4. The van der Waals surface area contributed by atoms with Crippen molar-refractivity contribution >= 4 is 5.78 Å². The Morgan fingerprint density at radius 3 is 3.12 bits per heavy atom. The summed E-state index contributed by atoms with van der Waals surface area (Å²) >= 11 is 0. The Balaban J connectivity index is 2.27.